The van der Waals surface area contributed by atoms with Gasteiger partial charge in [-0.2, -0.15) is 30.7 Å². The van der Waals surface area contributed by atoms with E-state index >= 15 is 0 Å². The number of ether oxygens (including phenoxy) is 4. The van der Waals surface area contributed by atoms with Gasteiger partial charge in [0.15, 0.2) is 0 Å². The van der Waals surface area contributed by atoms with Crippen molar-refractivity contribution in [3.63, 3.8) is 0 Å². The van der Waals surface area contributed by atoms with Gasteiger partial charge >= 0.3 is 54.1 Å². The van der Waals surface area contributed by atoms with Crippen LogP contribution in [0.1, 0.15) is 27.7 Å². The maximum atomic E-state index is 14.0. The molecule has 0 N–H and O–H groups in total. The average molecular weight is 514 g/mol. The molecule has 0 spiro atoms. The highest BCUT2D eigenvalue weighted by Gasteiger charge is 2.71. The third-order valence-electron chi connectivity index (χ3n) is 3.18. The zero-order valence-electron chi connectivity index (χ0n) is 15.8. The number of halogens is 14. The van der Waals surface area contributed by atoms with Gasteiger partial charge in [-0.25, -0.2) is 22.3 Å². The largest absolute Gasteiger partial charge is 0.525 e. The first-order valence-electron chi connectivity index (χ1n) is 7.48. The second-order valence-corrected chi connectivity index (χ2v) is 6.35. The molecule has 0 aromatic rings. The summed E-state index contributed by atoms with van der Waals surface area (Å²) in [6.07, 6.45) is -24.9. The van der Waals surface area contributed by atoms with Gasteiger partial charge in [-0.1, -0.05) is 0 Å². The van der Waals surface area contributed by atoms with Crippen molar-refractivity contribution in [1.29, 1.82) is 0 Å². The molecule has 0 aliphatic heterocycles. The van der Waals surface area contributed by atoms with Gasteiger partial charge in [0.05, 0.1) is 0 Å². The van der Waals surface area contributed by atoms with E-state index in [4.69, 9.17) is 0 Å². The molecule has 4 unspecified atom stereocenters. The van der Waals surface area contributed by atoms with Crippen molar-refractivity contribution >= 4 is 6.04 Å². The Morgan fingerprint density at radius 2 is 0.750 bits per heavy atom. The SMILES string of the molecule is CC(F)(OC(F)(F)C(C)(F)OC(F)(F)C(C)(F)OC(F)(F)C(C)(F)OC(F)(F)F)C(=O)F. The normalized spacial score (nSPS) is 21.8. The van der Waals surface area contributed by atoms with Crippen LogP contribution in [0.2, 0.25) is 0 Å². The molecule has 192 valence electrons. The van der Waals surface area contributed by atoms with E-state index in [0.29, 0.717) is 0 Å². The van der Waals surface area contributed by atoms with E-state index in [2.05, 4.69) is 18.9 Å². The predicted octanol–water partition coefficient (Wildman–Crippen LogP) is 5.59. The summed E-state index contributed by atoms with van der Waals surface area (Å²) in [5.74, 6) is -21.1. The number of hydrogen-bond acceptors (Lipinski definition) is 5. The number of rotatable bonds is 11. The monoisotopic (exact) mass is 514 g/mol. The van der Waals surface area contributed by atoms with Gasteiger partial charge < -0.3 is 0 Å². The maximum absolute atomic E-state index is 14.0. The zero-order chi connectivity index (χ0) is 26.4. The van der Waals surface area contributed by atoms with Crippen molar-refractivity contribution in [1.82, 2.24) is 0 Å². The second kappa shape index (κ2) is 8.39. The maximum Gasteiger partial charge on any atom is 0.525 e. The Bertz CT molecular complexity index is 685. The first-order valence-corrected chi connectivity index (χ1v) is 7.48. The summed E-state index contributed by atoms with van der Waals surface area (Å²) >= 11 is 0. The Morgan fingerprint density at radius 1 is 0.500 bits per heavy atom. The van der Waals surface area contributed by atoms with Crippen LogP contribution >= 0.6 is 0 Å². The average Bonchev–Trinajstić information content (AvgIpc) is 2.40. The molecule has 0 aromatic carbocycles. The summed E-state index contributed by atoms with van der Waals surface area (Å²) in [5.41, 5.74) is 0. The fourth-order valence-electron chi connectivity index (χ4n) is 1.43. The van der Waals surface area contributed by atoms with Crippen molar-refractivity contribution in [2.24, 2.45) is 0 Å². The molecule has 0 heterocycles. The summed E-state index contributed by atoms with van der Waals surface area (Å²) in [7, 11) is 0. The van der Waals surface area contributed by atoms with Crippen molar-refractivity contribution in [3.8, 4) is 0 Å². The molecule has 5 nitrogen and oxygen atoms in total. The molecule has 0 amide bonds. The summed E-state index contributed by atoms with van der Waals surface area (Å²) in [6.45, 7) is -2.75. The van der Waals surface area contributed by atoms with Crippen molar-refractivity contribution in [3.05, 3.63) is 0 Å². The zero-order valence-corrected chi connectivity index (χ0v) is 15.8. The minimum atomic E-state index is -6.35. The lowest BCUT2D eigenvalue weighted by Gasteiger charge is -2.39. The summed E-state index contributed by atoms with van der Waals surface area (Å²) < 4.78 is 195. The number of carbonyl (C=O) groups excluding carboxylic acids is 1. The second-order valence-electron chi connectivity index (χ2n) is 6.35. The van der Waals surface area contributed by atoms with E-state index in [0.717, 1.165) is 0 Å². The van der Waals surface area contributed by atoms with E-state index in [9.17, 15) is 66.3 Å². The Morgan fingerprint density at radius 3 is 1.00 bits per heavy atom. The molecule has 0 fully saturated rings. The summed E-state index contributed by atoms with van der Waals surface area (Å²) in [6, 6.07) is -3.33. The van der Waals surface area contributed by atoms with Gasteiger partial charge in [0.25, 0.3) is 0 Å². The summed E-state index contributed by atoms with van der Waals surface area (Å²) in [5, 5.41) is 0. The fraction of sp³-hybridized carbons (Fsp3) is 0.923. The lowest BCUT2D eigenvalue weighted by molar-refractivity contribution is -0.526. The molecule has 0 aliphatic rings. The summed E-state index contributed by atoms with van der Waals surface area (Å²) in [4.78, 5) is 10.2. The molecule has 0 bridgehead atoms. The van der Waals surface area contributed by atoms with Gasteiger partial charge in [0.1, 0.15) is 0 Å². The molecule has 19 heteroatoms. The van der Waals surface area contributed by atoms with Gasteiger partial charge in [-0.15, -0.1) is 13.2 Å². The van der Waals surface area contributed by atoms with Crippen LogP contribution in [0.3, 0.4) is 0 Å². The number of hydrogen-bond donors (Lipinski definition) is 0. The molecular weight excluding hydrogens is 502 g/mol. The van der Waals surface area contributed by atoms with Crippen LogP contribution in [0.25, 0.3) is 0 Å². The first kappa shape index (κ1) is 30.5. The van der Waals surface area contributed by atoms with E-state index in [1.807, 2.05) is 0 Å². The molecular formula is C13H12F14O5. The minimum Gasteiger partial charge on any atom is -0.270 e. The minimum absolute atomic E-state index is 0.386. The molecule has 4 atom stereocenters. The molecule has 0 radical (unpaired) electrons. The van der Waals surface area contributed by atoms with Crippen molar-refractivity contribution in [2.45, 2.75) is 75.8 Å². The third-order valence-corrected chi connectivity index (χ3v) is 3.18. The van der Waals surface area contributed by atoms with Crippen LogP contribution in [0.4, 0.5) is 61.5 Å². The van der Waals surface area contributed by atoms with Gasteiger partial charge in [-0.3, -0.25) is 19.0 Å². The number of carbonyl (C=O) groups is 1. The first-order chi connectivity index (χ1) is 13.5. The van der Waals surface area contributed by atoms with Crippen molar-refractivity contribution < 1.29 is 85.2 Å². The highest BCUT2D eigenvalue weighted by Crippen LogP contribution is 2.49. The lowest BCUT2D eigenvalue weighted by Crippen LogP contribution is -2.61. The molecule has 0 saturated heterocycles. The van der Waals surface area contributed by atoms with E-state index < -0.39 is 74.9 Å². The van der Waals surface area contributed by atoms with E-state index in [1.165, 1.54) is 0 Å². The number of alkyl halides is 13. The fourth-order valence-corrected chi connectivity index (χ4v) is 1.43. The van der Waals surface area contributed by atoms with E-state index in [1.54, 1.807) is 0 Å². The Balaban J connectivity index is 5.86. The van der Waals surface area contributed by atoms with E-state index in [-0.39, 0.29) is 6.92 Å². The van der Waals surface area contributed by atoms with Crippen LogP contribution in [0.5, 0.6) is 0 Å². The molecule has 0 aliphatic carbocycles. The lowest BCUT2D eigenvalue weighted by atomic mass is 10.2. The van der Waals surface area contributed by atoms with Crippen molar-refractivity contribution in [2.75, 3.05) is 0 Å². The highest BCUT2D eigenvalue weighted by atomic mass is 19.4. The molecule has 0 rings (SSSR count). The highest BCUT2D eigenvalue weighted by molar-refractivity contribution is 5.75. The molecule has 32 heavy (non-hydrogen) atoms. The molecule has 0 aromatic heterocycles. The van der Waals surface area contributed by atoms with Crippen LogP contribution in [-0.4, -0.2) is 54.1 Å². The Labute approximate surface area is 168 Å². The topological polar surface area (TPSA) is 54.0 Å². The van der Waals surface area contributed by atoms with Crippen LogP contribution in [0, 0.1) is 0 Å². The standard InChI is InChI=1S/C13H12F14O5/c1-6(15,5(14)28)29-10(19,20)7(2,16)30-11(21,22)8(3,17)31-12(23,24)9(4,18)32-13(25,26)27/h1-4H3. The van der Waals surface area contributed by atoms with Crippen LogP contribution in [-0.2, 0) is 23.7 Å². The van der Waals surface area contributed by atoms with Crippen LogP contribution < -0.4 is 0 Å². The van der Waals surface area contributed by atoms with Gasteiger partial charge in [0.2, 0.25) is 0 Å². The quantitative estimate of drug-likeness (QED) is 0.266. The third kappa shape index (κ3) is 7.01. The smallest absolute Gasteiger partial charge is 0.270 e. The molecule has 0 saturated carbocycles. The van der Waals surface area contributed by atoms with Gasteiger partial charge in [0, 0.05) is 27.7 Å². The predicted molar refractivity (Wildman–Crippen MR) is 69.4 cm³/mol. The van der Waals surface area contributed by atoms with Crippen LogP contribution in [0.15, 0.2) is 0 Å². The van der Waals surface area contributed by atoms with Gasteiger partial charge in [-0.05, 0) is 0 Å². The Hall–Kier alpha value is -1.47. The Kier molecular flexibility index (Phi) is 8.00.